The number of aromatic nitrogens is 3. The molecule has 5 aromatic rings. The van der Waals surface area contributed by atoms with E-state index < -0.39 is 24.5 Å². The molecule has 0 unspecified atom stereocenters. The molecule has 0 saturated heterocycles. The van der Waals surface area contributed by atoms with E-state index in [2.05, 4.69) is 15.3 Å². The molecule has 11 heteroatoms. The summed E-state index contributed by atoms with van der Waals surface area (Å²) in [5, 5.41) is 3.44. The number of likely N-dealkylation sites (N-methyl/N-ethyl adjacent to an activating group) is 1. The molecule has 1 atom stereocenters. The molecule has 2 aromatic carbocycles. The van der Waals surface area contributed by atoms with Crippen LogP contribution in [-0.2, 0) is 24.1 Å². The number of nitrogens with one attached hydrogen (secondary N) is 1. The van der Waals surface area contributed by atoms with E-state index in [1.54, 1.807) is 36.0 Å². The van der Waals surface area contributed by atoms with E-state index in [-0.39, 0.29) is 29.6 Å². The van der Waals surface area contributed by atoms with Crippen molar-refractivity contribution in [3.8, 4) is 5.82 Å². The Kier molecular flexibility index (Phi) is 6.56. The molecule has 0 radical (unpaired) electrons. The maximum absolute atomic E-state index is 13.4. The summed E-state index contributed by atoms with van der Waals surface area (Å²) in [5.41, 5.74) is 2.88. The van der Waals surface area contributed by atoms with E-state index >= 15 is 0 Å². The summed E-state index contributed by atoms with van der Waals surface area (Å²) in [6.45, 7) is 0. The SMILES string of the molecule is CN1C(=O)[C@@H](NC(=O)c2ncc(Cc3ccccc3)o2)Cc2cn(-c3ncccc3CC(F)(F)F)c3cccc1c23. The molecule has 0 fully saturated rings. The first kappa shape index (κ1) is 26.3. The summed E-state index contributed by atoms with van der Waals surface area (Å²) in [7, 11) is 1.60. The molecule has 41 heavy (non-hydrogen) atoms. The predicted molar refractivity (Wildman–Crippen MR) is 145 cm³/mol. The zero-order valence-electron chi connectivity index (χ0n) is 21.9. The number of carbonyl (C=O) groups is 2. The molecule has 208 valence electrons. The molecule has 1 aliphatic heterocycles. The predicted octanol–water partition coefficient (Wildman–Crippen LogP) is 5.03. The molecular formula is C30H24F3N5O3. The van der Waals surface area contributed by atoms with E-state index in [0.717, 1.165) is 5.56 Å². The second kappa shape index (κ2) is 10.2. The molecule has 6 rings (SSSR count). The number of anilines is 1. The number of halogens is 3. The van der Waals surface area contributed by atoms with E-state index in [4.69, 9.17) is 4.42 Å². The van der Waals surface area contributed by atoms with Gasteiger partial charge in [0, 0.05) is 43.2 Å². The Morgan fingerprint density at radius 3 is 2.66 bits per heavy atom. The summed E-state index contributed by atoms with van der Waals surface area (Å²) in [6, 6.07) is 16.7. The van der Waals surface area contributed by atoms with Gasteiger partial charge in [0.05, 0.1) is 23.8 Å². The van der Waals surface area contributed by atoms with Crippen molar-refractivity contribution in [3.63, 3.8) is 0 Å². The number of rotatable bonds is 6. The van der Waals surface area contributed by atoms with Gasteiger partial charge in [-0.05, 0) is 29.3 Å². The molecule has 2 amide bonds. The highest BCUT2D eigenvalue weighted by Crippen LogP contribution is 2.37. The van der Waals surface area contributed by atoms with Crippen molar-refractivity contribution in [1.82, 2.24) is 19.9 Å². The van der Waals surface area contributed by atoms with Crippen LogP contribution < -0.4 is 10.2 Å². The molecule has 0 spiro atoms. The molecule has 0 aliphatic carbocycles. The van der Waals surface area contributed by atoms with Crippen molar-refractivity contribution in [3.05, 3.63) is 108 Å². The summed E-state index contributed by atoms with van der Waals surface area (Å²) in [4.78, 5) is 36.4. The first-order chi connectivity index (χ1) is 19.7. The fourth-order valence-electron chi connectivity index (χ4n) is 5.24. The van der Waals surface area contributed by atoms with Crippen LogP contribution in [0.2, 0.25) is 0 Å². The van der Waals surface area contributed by atoms with Gasteiger partial charge in [-0.1, -0.05) is 42.5 Å². The average molecular weight is 560 g/mol. The number of hydrogen-bond donors (Lipinski definition) is 1. The lowest BCUT2D eigenvalue weighted by Crippen LogP contribution is -2.48. The lowest BCUT2D eigenvalue weighted by atomic mass is 10.1. The molecular weight excluding hydrogens is 535 g/mol. The van der Waals surface area contributed by atoms with Gasteiger partial charge >= 0.3 is 12.1 Å². The maximum Gasteiger partial charge on any atom is 0.393 e. The molecule has 1 aliphatic rings. The lowest BCUT2D eigenvalue weighted by molar-refractivity contribution is -0.127. The first-order valence-corrected chi connectivity index (χ1v) is 12.9. The van der Waals surface area contributed by atoms with Gasteiger partial charge in [0.2, 0.25) is 5.91 Å². The number of nitrogens with zero attached hydrogens (tertiary/aromatic N) is 4. The monoisotopic (exact) mass is 559 g/mol. The first-order valence-electron chi connectivity index (χ1n) is 12.9. The van der Waals surface area contributed by atoms with Crippen LogP contribution in [0.3, 0.4) is 0 Å². The Balaban J connectivity index is 1.31. The Morgan fingerprint density at radius 2 is 1.88 bits per heavy atom. The standard InChI is InChI=1S/C30H24F3N5O3/c1-37-23-10-5-11-24-25(23)20(17-38(24)26-19(9-6-12-34-26)15-30(31,32)33)14-22(29(37)40)36-27(39)28-35-16-21(41-28)13-18-7-3-2-4-8-18/h2-12,16-17,22H,13-15H2,1H3,(H,36,39)/t22-/m0/s1. The third-order valence-electron chi connectivity index (χ3n) is 7.06. The summed E-state index contributed by atoms with van der Waals surface area (Å²) < 4.78 is 47.3. The summed E-state index contributed by atoms with van der Waals surface area (Å²) >= 11 is 0. The van der Waals surface area contributed by atoms with Crippen molar-refractivity contribution >= 4 is 28.4 Å². The van der Waals surface area contributed by atoms with Crippen LogP contribution in [0.15, 0.2) is 83.7 Å². The number of amides is 2. The number of alkyl halides is 3. The fraction of sp³-hybridized carbons (Fsp3) is 0.200. The summed E-state index contributed by atoms with van der Waals surface area (Å²) in [6.07, 6.45) is -0.380. The van der Waals surface area contributed by atoms with Gasteiger partial charge in [-0.3, -0.25) is 9.59 Å². The van der Waals surface area contributed by atoms with Crippen LogP contribution in [0.25, 0.3) is 16.7 Å². The fourth-order valence-corrected chi connectivity index (χ4v) is 5.24. The van der Waals surface area contributed by atoms with Crippen LogP contribution >= 0.6 is 0 Å². The van der Waals surface area contributed by atoms with Gasteiger partial charge in [-0.2, -0.15) is 13.2 Å². The second-order valence-corrected chi connectivity index (χ2v) is 9.90. The van der Waals surface area contributed by atoms with Gasteiger partial charge in [-0.25, -0.2) is 9.97 Å². The van der Waals surface area contributed by atoms with Crippen molar-refractivity contribution in [2.75, 3.05) is 11.9 Å². The van der Waals surface area contributed by atoms with E-state index in [9.17, 15) is 22.8 Å². The number of hydrogen-bond acceptors (Lipinski definition) is 5. The van der Waals surface area contributed by atoms with Crippen LogP contribution in [0, 0.1) is 0 Å². The second-order valence-electron chi connectivity index (χ2n) is 9.90. The van der Waals surface area contributed by atoms with Crippen molar-refractivity contribution in [2.45, 2.75) is 31.5 Å². The molecule has 1 N–H and O–H groups in total. The van der Waals surface area contributed by atoms with E-state index in [0.29, 0.717) is 34.3 Å². The topological polar surface area (TPSA) is 93.3 Å². The van der Waals surface area contributed by atoms with Crippen molar-refractivity contribution in [2.24, 2.45) is 0 Å². The minimum absolute atomic E-state index is 0.0235. The van der Waals surface area contributed by atoms with Gasteiger partial charge in [-0.15, -0.1) is 0 Å². The van der Waals surface area contributed by atoms with E-state index in [1.807, 2.05) is 30.3 Å². The van der Waals surface area contributed by atoms with Gasteiger partial charge < -0.3 is 19.2 Å². The highest BCUT2D eigenvalue weighted by molar-refractivity contribution is 6.09. The van der Waals surface area contributed by atoms with E-state index in [1.165, 1.54) is 29.4 Å². The molecule has 0 bridgehead atoms. The number of oxazole rings is 1. The van der Waals surface area contributed by atoms with Crippen LogP contribution in [0.1, 0.15) is 33.1 Å². The maximum atomic E-state index is 13.4. The highest BCUT2D eigenvalue weighted by Gasteiger charge is 2.34. The van der Waals surface area contributed by atoms with Gasteiger partial charge in [0.25, 0.3) is 5.89 Å². The Labute approximate surface area is 232 Å². The largest absolute Gasteiger partial charge is 0.437 e. The smallest absolute Gasteiger partial charge is 0.393 e. The van der Waals surface area contributed by atoms with Crippen molar-refractivity contribution in [1.29, 1.82) is 0 Å². The van der Waals surface area contributed by atoms with Crippen LogP contribution in [0.5, 0.6) is 0 Å². The molecule has 0 saturated carbocycles. The summed E-state index contributed by atoms with van der Waals surface area (Å²) in [5.74, 6) is -0.503. The molecule has 8 nitrogen and oxygen atoms in total. The van der Waals surface area contributed by atoms with Gasteiger partial charge in [0.1, 0.15) is 17.6 Å². The minimum atomic E-state index is -4.41. The Hall–Kier alpha value is -4.93. The average Bonchev–Trinajstić information content (AvgIpc) is 3.54. The highest BCUT2D eigenvalue weighted by atomic mass is 19.4. The third kappa shape index (κ3) is 5.18. The Bertz CT molecular complexity index is 1760. The quantitative estimate of drug-likeness (QED) is 0.315. The van der Waals surface area contributed by atoms with Crippen molar-refractivity contribution < 1.29 is 27.2 Å². The van der Waals surface area contributed by atoms with Crippen LogP contribution in [-0.4, -0.2) is 45.6 Å². The molecule has 3 aromatic heterocycles. The minimum Gasteiger partial charge on any atom is -0.437 e. The number of carbonyl (C=O) groups excluding carboxylic acids is 2. The van der Waals surface area contributed by atoms with Gasteiger partial charge in [0.15, 0.2) is 0 Å². The lowest BCUT2D eigenvalue weighted by Gasteiger charge is -2.22. The zero-order chi connectivity index (χ0) is 28.7. The van der Waals surface area contributed by atoms with Crippen LogP contribution in [0.4, 0.5) is 18.9 Å². The third-order valence-corrected chi connectivity index (χ3v) is 7.06. The molecule has 4 heterocycles. The normalized spacial score (nSPS) is 15.3. The Morgan fingerprint density at radius 1 is 1.07 bits per heavy atom. The zero-order valence-corrected chi connectivity index (χ0v) is 21.9. The number of benzene rings is 2. The number of pyridine rings is 1.